The fourth-order valence-electron chi connectivity index (χ4n) is 2.88. The molecule has 7 nitrogen and oxygen atoms in total. The van der Waals surface area contributed by atoms with E-state index in [4.69, 9.17) is 4.42 Å². The second kappa shape index (κ2) is 9.40. The highest BCUT2D eigenvalue weighted by molar-refractivity contribution is 7.99. The Morgan fingerprint density at radius 2 is 1.93 bits per heavy atom. The Morgan fingerprint density at radius 3 is 2.55 bits per heavy atom. The molecule has 2 N–H and O–H groups in total. The van der Waals surface area contributed by atoms with Crippen LogP contribution in [0.4, 0.5) is 5.69 Å². The second-order valence-electron chi connectivity index (χ2n) is 6.71. The standard InChI is InChI=1S/C21H21N3O4S/c1-23(2)18(19-9-6-12-28-19)14-22-21(25)15-10-11-20(17(13-15)24(26)27)29-16-7-4-3-5-8-16/h3-13,18H,14H2,1-2H3,(H,22,25)/p+1/t18-/m0/s1. The zero-order valence-corrected chi connectivity index (χ0v) is 16.9. The van der Waals surface area contributed by atoms with E-state index in [0.717, 1.165) is 15.6 Å². The maximum atomic E-state index is 12.6. The van der Waals surface area contributed by atoms with Gasteiger partial charge in [-0.15, -0.1) is 0 Å². The molecule has 1 atom stereocenters. The summed E-state index contributed by atoms with van der Waals surface area (Å²) < 4.78 is 5.45. The first-order chi connectivity index (χ1) is 14.0. The lowest BCUT2D eigenvalue weighted by Crippen LogP contribution is -3.07. The third kappa shape index (κ3) is 5.24. The van der Waals surface area contributed by atoms with Crippen LogP contribution in [0, 0.1) is 10.1 Å². The molecule has 3 aromatic rings. The molecule has 0 aliphatic rings. The van der Waals surface area contributed by atoms with Crippen LogP contribution in [0.5, 0.6) is 0 Å². The molecule has 150 valence electrons. The Hall–Kier alpha value is -3.10. The number of nitro benzene ring substituents is 1. The molecule has 3 rings (SSSR count). The first kappa shape index (κ1) is 20.6. The van der Waals surface area contributed by atoms with Gasteiger partial charge in [0.1, 0.15) is 0 Å². The fraction of sp³-hybridized carbons (Fsp3) is 0.190. The van der Waals surface area contributed by atoms with Crippen LogP contribution in [0.3, 0.4) is 0 Å². The van der Waals surface area contributed by atoms with Gasteiger partial charge >= 0.3 is 0 Å². The average Bonchev–Trinajstić information content (AvgIpc) is 3.23. The van der Waals surface area contributed by atoms with E-state index in [-0.39, 0.29) is 23.2 Å². The summed E-state index contributed by atoms with van der Waals surface area (Å²) in [6.45, 7) is 0.350. The third-order valence-electron chi connectivity index (χ3n) is 4.44. The Balaban J connectivity index is 1.75. The topological polar surface area (TPSA) is 89.8 Å². The van der Waals surface area contributed by atoms with Gasteiger partial charge in [0.15, 0.2) is 11.8 Å². The highest BCUT2D eigenvalue weighted by atomic mass is 32.2. The first-order valence-electron chi connectivity index (χ1n) is 9.08. The number of amides is 1. The van der Waals surface area contributed by atoms with Crippen LogP contribution in [0.15, 0.2) is 81.1 Å². The SMILES string of the molecule is C[NH+](C)[C@@H](CNC(=O)c1ccc(Sc2ccccc2)c([N+](=O)[O-])c1)c1ccco1. The van der Waals surface area contributed by atoms with Crippen LogP contribution in [0.25, 0.3) is 0 Å². The van der Waals surface area contributed by atoms with E-state index in [1.54, 1.807) is 24.5 Å². The summed E-state index contributed by atoms with van der Waals surface area (Å²) in [6.07, 6.45) is 1.60. The molecule has 29 heavy (non-hydrogen) atoms. The van der Waals surface area contributed by atoms with Crippen LogP contribution >= 0.6 is 11.8 Å². The number of hydrogen-bond donors (Lipinski definition) is 2. The van der Waals surface area contributed by atoms with Crippen molar-refractivity contribution < 1.29 is 19.0 Å². The van der Waals surface area contributed by atoms with Crippen molar-refractivity contribution in [2.45, 2.75) is 15.8 Å². The molecule has 0 saturated carbocycles. The van der Waals surface area contributed by atoms with Gasteiger partial charge < -0.3 is 14.6 Å². The Labute approximate surface area is 172 Å². The minimum atomic E-state index is -0.461. The molecule has 0 saturated heterocycles. The van der Waals surface area contributed by atoms with Crippen molar-refractivity contribution in [2.75, 3.05) is 20.6 Å². The number of carbonyl (C=O) groups is 1. The lowest BCUT2D eigenvalue weighted by molar-refractivity contribution is -0.891. The van der Waals surface area contributed by atoms with Gasteiger partial charge in [0.05, 0.1) is 36.7 Å². The summed E-state index contributed by atoms with van der Waals surface area (Å²) >= 11 is 1.29. The molecule has 0 radical (unpaired) electrons. The molecule has 0 unspecified atom stereocenters. The molecule has 2 aromatic carbocycles. The van der Waals surface area contributed by atoms with Crippen molar-refractivity contribution in [1.82, 2.24) is 5.32 Å². The van der Waals surface area contributed by atoms with Crippen LogP contribution in [-0.4, -0.2) is 31.5 Å². The summed E-state index contributed by atoms with van der Waals surface area (Å²) in [6, 6.07) is 17.6. The number of hydrogen-bond acceptors (Lipinski definition) is 5. The quantitative estimate of drug-likeness (QED) is 0.439. The Bertz CT molecular complexity index is 975. The Morgan fingerprint density at radius 1 is 1.17 bits per heavy atom. The molecule has 0 spiro atoms. The number of rotatable bonds is 8. The molecule has 0 fully saturated rings. The van der Waals surface area contributed by atoms with Crippen molar-refractivity contribution in [3.8, 4) is 0 Å². The smallest absolute Gasteiger partial charge is 0.284 e. The highest BCUT2D eigenvalue weighted by Crippen LogP contribution is 2.35. The minimum Gasteiger partial charge on any atom is -0.463 e. The van der Waals surface area contributed by atoms with Gasteiger partial charge in [0.25, 0.3) is 11.6 Å². The number of nitrogens with one attached hydrogen (secondary N) is 2. The number of furan rings is 1. The first-order valence-corrected chi connectivity index (χ1v) is 9.90. The normalized spacial score (nSPS) is 12.0. The molecule has 0 aliphatic carbocycles. The van der Waals surface area contributed by atoms with Crippen molar-refractivity contribution >= 4 is 23.4 Å². The minimum absolute atomic E-state index is 0.0585. The van der Waals surface area contributed by atoms with Gasteiger partial charge in [0.2, 0.25) is 0 Å². The number of benzene rings is 2. The summed E-state index contributed by atoms with van der Waals surface area (Å²) in [5, 5.41) is 14.4. The number of carbonyl (C=O) groups excluding carboxylic acids is 1. The second-order valence-corrected chi connectivity index (χ2v) is 7.83. The largest absolute Gasteiger partial charge is 0.463 e. The Kier molecular flexibility index (Phi) is 6.69. The molecular formula is C21H22N3O4S+. The van der Waals surface area contributed by atoms with Crippen LogP contribution in [0.1, 0.15) is 22.2 Å². The average molecular weight is 412 g/mol. The monoisotopic (exact) mass is 412 g/mol. The predicted octanol–water partition coefficient (Wildman–Crippen LogP) is 2.95. The predicted molar refractivity (Wildman–Crippen MR) is 110 cm³/mol. The molecule has 8 heteroatoms. The summed E-state index contributed by atoms with van der Waals surface area (Å²) in [5.74, 6) is 0.410. The molecule has 1 aromatic heterocycles. The fourth-order valence-corrected chi connectivity index (χ4v) is 3.80. The number of nitrogens with zero attached hydrogens (tertiary/aromatic N) is 1. The summed E-state index contributed by atoms with van der Waals surface area (Å²) in [7, 11) is 3.94. The number of quaternary nitrogens is 1. The van der Waals surface area contributed by atoms with Crippen LogP contribution in [-0.2, 0) is 0 Å². The van der Waals surface area contributed by atoms with Crippen molar-refractivity contribution in [2.24, 2.45) is 0 Å². The number of likely N-dealkylation sites (N-methyl/N-ethyl adjacent to an activating group) is 1. The van der Waals surface area contributed by atoms with E-state index in [9.17, 15) is 14.9 Å². The van der Waals surface area contributed by atoms with E-state index in [1.807, 2.05) is 50.5 Å². The summed E-state index contributed by atoms with van der Waals surface area (Å²) in [4.78, 5) is 26.2. The zero-order chi connectivity index (χ0) is 20.8. The number of nitro groups is 1. The maximum absolute atomic E-state index is 12.6. The van der Waals surface area contributed by atoms with E-state index < -0.39 is 4.92 Å². The molecule has 1 amide bonds. The highest BCUT2D eigenvalue weighted by Gasteiger charge is 2.23. The zero-order valence-electron chi connectivity index (χ0n) is 16.1. The molecule has 0 bridgehead atoms. The van der Waals surface area contributed by atoms with E-state index >= 15 is 0 Å². The van der Waals surface area contributed by atoms with Gasteiger partial charge in [-0.2, -0.15) is 0 Å². The van der Waals surface area contributed by atoms with Gasteiger partial charge in [-0.25, -0.2) is 0 Å². The molecule has 1 heterocycles. The van der Waals surface area contributed by atoms with Gasteiger partial charge in [-0.3, -0.25) is 14.9 Å². The van der Waals surface area contributed by atoms with Crippen molar-refractivity contribution in [1.29, 1.82) is 0 Å². The third-order valence-corrected chi connectivity index (χ3v) is 5.51. The maximum Gasteiger partial charge on any atom is 0.284 e. The van der Waals surface area contributed by atoms with Gasteiger partial charge in [-0.1, -0.05) is 30.0 Å². The molecular weight excluding hydrogens is 390 g/mol. The van der Waals surface area contributed by atoms with Gasteiger partial charge in [-0.05, 0) is 36.4 Å². The lowest BCUT2D eigenvalue weighted by Gasteiger charge is -2.19. The van der Waals surface area contributed by atoms with Crippen LogP contribution < -0.4 is 10.2 Å². The summed E-state index contributed by atoms with van der Waals surface area (Å²) in [5.41, 5.74) is 0.161. The van der Waals surface area contributed by atoms with Crippen molar-refractivity contribution in [3.05, 3.63) is 88.4 Å². The van der Waals surface area contributed by atoms with Gasteiger partial charge in [0, 0.05) is 16.5 Å². The van der Waals surface area contributed by atoms with Crippen LogP contribution in [0.2, 0.25) is 0 Å². The van der Waals surface area contributed by atoms with E-state index in [1.165, 1.54) is 17.8 Å². The lowest BCUT2D eigenvalue weighted by atomic mass is 10.1. The van der Waals surface area contributed by atoms with E-state index in [2.05, 4.69) is 5.32 Å². The molecule has 0 aliphatic heterocycles. The van der Waals surface area contributed by atoms with E-state index in [0.29, 0.717) is 11.4 Å². The van der Waals surface area contributed by atoms with Crippen molar-refractivity contribution in [3.63, 3.8) is 0 Å².